The van der Waals surface area contributed by atoms with E-state index in [0.717, 1.165) is 29.9 Å². The van der Waals surface area contributed by atoms with Crippen molar-refractivity contribution in [3.63, 3.8) is 0 Å². The summed E-state index contributed by atoms with van der Waals surface area (Å²) in [7, 11) is 0. The van der Waals surface area contributed by atoms with E-state index in [1.807, 2.05) is 18.2 Å². The first-order chi connectivity index (χ1) is 9.19. The molecule has 0 fully saturated rings. The Bertz CT molecular complexity index is 551. The van der Waals surface area contributed by atoms with Gasteiger partial charge < -0.3 is 9.73 Å². The van der Waals surface area contributed by atoms with Crippen molar-refractivity contribution in [1.29, 1.82) is 0 Å². The van der Waals surface area contributed by atoms with Crippen molar-refractivity contribution in [3.05, 3.63) is 57.5 Å². The van der Waals surface area contributed by atoms with E-state index in [0.29, 0.717) is 10.0 Å². The zero-order valence-corrected chi connectivity index (χ0v) is 12.6. The Morgan fingerprint density at radius 3 is 2.63 bits per heavy atom. The van der Waals surface area contributed by atoms with Crippen LogP contribution in [0.15, 0.2) is 34.9 Å². The first-order valence-electron chi connectivity index (χ1n) is 6.42. The number of furan rings is 1. The first kappa shape index (κ1) is 14.4. The van der Waals surface area contributed by atoms with Gasteiger partial charge in [-0.15, -0.1) is 0 Å². The van der Waals surface area contributed by atoms with Crippen LogP contribution < -0.4 is 5.32 Å². The minimum Gasteiger partial charge on any atom is -0.469 e. The Hall–Kier alpha value is -0.960. The molecule has 0 spiro atoms. The quantitative estimate of drug-likeness (QED) is 0.853. The van der Waals surface area contributed by atoms with Gasteiger partial charge in [0, 0.05) is 12.0 Å². The van der Waals surface area contributed by atoms with Gasteiger partial charge in [-0.25, -0.2) is 0 Å². The molecule has 1 N–H and O–H groups in total. The zero-order valence-electron chi connectivity index (χ0n) is 11.0. The molecule has 0 radical (unpaired) electrons. The van der Waals surface area contributed by atoms with Crippen LogP contribution in [0.2, 0.25) is 10.0 Å². The van der Waals surface area contributed by atoms with Crippen molar-refractivity contribution in [2.75, 3.05) is 6.54 Å². The summed E-state index contributed by atoms with van der Waals surface area (Å²) in [6.07, 6.45) is 2.57. The van der Waals surface area contributed by atoms with E-state index in [-0.39, 0.29) is 6.04 Å². The van der Waals surface area contributed by atoms with Gasteiger partial charge in [0.25, 0.3) is 0 Å². The van der Waals surface area contributed by atoms with E-state index in [4.69, 9.17) is 27.6 Å². The van der Waals surface area contributed by atoms with Crippen LogP contribution >= 0.6 is 23.2 Å². The lowest BCUT2D eigenvalue weighted by atomic mass is 9.98. The molecule has 102 valence electrons. The van der Waals surface area contributed by atoms with Gasteiger partial charge in [0.1, 0.15) is 5.76 Å². The molecule has 19 heavy (non-hydrogen) atoms. The van der Waals surface area contributed by atoms with E-state index in [1.54, 1.807) is 12.3 Å². The van der Waals surface area contributed by atoms with Crippen LogP contribution in [-0.2, 0) is 6.42 Å². The fraction of sp³-hybridized carbons (Fsp3) is 0.333. The number of halogens is 2. The molecule has 2 rings (SSSR count). The van der Waals surface area contributed by atoms with Crippen LogP contribution in [0.4, 0.5) is 0 Å². The van der Waals surface area contributed by atoms with E-state index >= 15 is 0 Å². The number of hydrogen-bond donors (Lipinski definition) is 1. The molecule has 1 unspecified atom stereocenters. The van der Waals surface area contributed by atoms with Gasteiger partial charge in [0.15, 0.2) is 0 Å². The molecule has 1 aromatic heterocycles. The predicted molar refractivity (Wildman–Crippen MR) is 80.1 cm³/mol. The number of benzene rings is 1. The highest BCUT2D eigenvalue weighted by atomic mass is 35.5. The molecule has 0 amide bonds. The molecule has 0 aliphatic rings. The standard InChI is InChI=1S/C15H17Cl2NO/c1-3-13-10(8-9-19-13)15(18-4-2)11-6-5-7-12(16)14(11)17/h5-9,15,18H,3-4H2,1-2H3. The second-order valence-electron chi connectivity index (χ2n) is 4.29. The van der Waals surface area contributed by atoms with Crippen molar-refractivity contribution < 1.29 is 4.42 Å². The van der Waals surface area contributed by atoms with Crippen molar-refractivity contribution in [3.8, 4) is 0 Å². The Labute approximate surface area is 123 Å². The Morgan fingerprint density at radius 1 is 1.16 bits per heavy atom. The SMILES string of the molecule is CCNC(c1ccoc1CC)c1cccc(Cl)c1Cl. The zero-order chi connectivity index (χ0) is 13.8. The van der Waals surface area contributed by atoms with E-state index in [1.165, 1.54) is 0 Å². The fourth-order valence-corrected chi connectivity index (χ4v) is 2.65. The minimum absolute atomic E-state index is 0.00454. The molecule has 2 aromatic rings. The van der Waals surface area contributed by atoms with E-state index in [9.17, 15) is 0 Å². The molecule has 2 nitrogen and oxygen atoms in total. The summed E-state index contributed by atoms with van der Waals surface area (Å²) in [6.45, 7) is 4.98. The minimum atomic E-state index is 0.00454. The third kappa shape index (κ3) is 2.97. The first-order valence-corrected chi connectivity index (χ1v) is 7.18. The molecular formula is C15H17Cl2NO. The van der Waals surface area contributed by atoms with E-state index in [2.05, 4.69) is 19.2 Å². The van der Waals surface area contributed by atoms with Crippen molar-refractivity contribution in [2.45, 2.75) is 26.3 Å². The van der Waals surface area contributed by atoms with E-state index < -0.39 is 0 Å². The summed E-state index contributed by atoms with van der Waals surface area (Å²) in [4.78, 5) is 0. The summed E-state index contributed by atoms with van der Waals surface area (Å²) in [5.41, 5.74) is 2.10. The third-order valence-electron chi connectivity index (χ3n) is 3.11. The van der Waals surface area contributed by atoms with Gasteiger partial charge in [-0.05, 0) is 24.2 Å². The second kappa shape index (κ2) is 6.47. The Balaban J connectivity index is 2.48. The highest BCUT2D eigenvalue weighted by molar-refractivity contribution is 6.42. The summed E-state index contributed by atoms with van der Waals surface area (Å²) in [5, 5.41) is 4.61. The van der Waals surface area contributed by atoms with Crippen molar-refractivity contribution in [2.24, 2.45) is 0 Å². The second-order valence-corrected chi connectivity index (χ2v) is 5.07. The summed E-state index contributed by atoms with van der Waals surface area (Å²) in [5.74, 6) is 0.974. The highest BCUT2D eigenvalue weighted by Crippen LogP contribution is 2.34. The predicted octanol–water partition coefficient (Wildman–Crippen LogP) is 4.85. The van der Waals surface area contributed by atoms with Gasteiger partial charge in [0.05, 0.1) is 22.4 Å². The molecule has 4 heteroatoms. The lowest BCUT2D eigenvalue weighted by Gasteiger charge is -2.20. The molecule has 0 saturated heterocycles. The molecule has 0 saturated carbocycles. The number of aryl methyl sites for hydroxylation is 1. The fourth-order valence-electron chi connectivity index (χ4n) is 2.23. The maximum Gasteiger partial charge on any atom is 0.108 e. The highest BCUT2D eigenvalue weighted by Gasteiger charge is 2.21. The lowest BCUT2D eigenvalue weighted by molar-refractivity contribution is 0.502. The van der Waals surface area contributed by atoms with Gasteiger partial charge in [0.2, 0.25) is 0 Å². The monoisotopic (exact) mass is 297 g/mol. The summed E-state index contributed by atoms with van der Waals surface area (Å²) < 4.78 is 5.52. The van der Waals surface area contributed by atoms with Crippen LogP contribution in [0, 0.1) is 0 Å². The van der Waals surface area contributed by atoms with Gasteiger partial charge in [-0.1, -0.05) is 49.2 Å². The summed E-state index contributed by atoms with van der Waals surface area (Å²) >= 11 is 12.4. The number of nitrogens with one attached hydrogen (secondary N) is 1. The smallest absolute Gasteiger partial charge is 0.108 e. The van der Waals surface area contributed by atoms with Gasteiger partial charge in [-0.2, -0.15) is 0 Å². The van der Waals surface area contributed by atoms with Gasteiger partial charge in [-0.3, -0.25) is 0 Å². The number of hydrogen-bond acceptors (Lipinski definition) is 2. The molecule has 0 bridgehead atoms. The van der Waals surface area contributed by atoms with Crippen LogP contribution in [0.25, 0.3) is 0 Å². The van der Waals surface area contributed by atoms with Crippen LogP contribution in [-0.4, -0.2) is 6.54 Å². The lowest BCUT2D eigenvalue weighted by Crippen LogP contribution is -2.22. The average Bonchev–Trinajstić information content (AvgIpc) is 2.88. The molecular weight excluding hydrogens is 281 g/mol. The normalized spacial score (nSPS) is 12.6. The topological polar surface area (TPSA) is 25.2 Å². The maximum absolute atomic E-state index is 6.33. The van der Waals surface area contributed by atoms with Crippen molar-refractivity contribution in [1.82, 2.24) is 5.32 Å². The van der Waals surface area contributed by atoms with Gasteiger partial charge >= 0.3 is 0 Å². The summed E-state index contributed by atoms with van der Waals surface area (Å²) in [6, 6.07) is 7.70. The molecule has 0 aliphatic carbocycles. The van der Waals surface area contributed by atoms with Crippen molar-refractivity contribution >= 4 is 23.2 Å². The number of rotatable bonds is 5. The molecule has 1 heterocycles. The molecule has 0 aliphatic heterocycles. The average molecular weight is 298 g/mol. The Kier molecular flexibility index (Phi) is 4.92. The van der Waals surface area contributed by atoms with Crippen LogP contribution in [0.1, 0.15) is 36.8 Å². The molecule has 1 atom stereocenters. The molecule has 1 aromatic carbocycles. The maximum atomic E-state index is 6.33. The van der Waals surface area contributed by atoms with Crippen LogP contribution in [0.5, 0.6) is 0 Å². The third-order valence-corrected chi connectivity index (χ3v) is 3.95. The Morgan fingerprint density at radius 2 is 1.95 bits per heavy atom. The largest absolute Gasteiger partial charge is 0.469 e. The van der Waals surface area contributed by atoms with Crippen LogP contribution in [0.3, 0.4) is 0 Å².